The van der Waals surface area contributed by atoms with Crippen molar-refractivity contribution in [2.45, 2.75) is 32.5 Å². The van der Waals surface area contributed by atoms with Crippen molar-refractivity contribution in [1.29, 1.82) is 0 Å². The van der Waals surface area contributed by atoms with E-state index in [1.807, 2.05) is 42.8 Å². The molecule has 6 nitrogen and oxygen atoms in total. The minimum absolute atomic E-state index is 0.0140. The molecule has 2 amide bonds. The quantitative estimate of drug-likeness (QED) is 0.871. The maximum Gasteiger partial charge on any atom is 0.315 e. The largest absolute Gasteiger partial charge is 0.335 e. The van der Waals surface area contributed by atoms with Crippen LogP contribution < -0.4 is 10.6 Å². The van der Waals surface area contributed by atoms with Crippen LogP contribution >= 0.6 is 0 Å². The van der Waals surface area contributed by atoms with Gasteiger partial charge in [0, 0.05) is 31.2 Å². The maximum atomic E-state index is 11.9. The van der Waals surface area contributed by atoms with E-state index < -0.39 is 0 Å². The van der Waals surface area contributed by atoms with Gasteiger partial charge in [-0.15, -0.1) is 0 Å². The average Bonchev–Trinajstić information content (AvgIpc) is 2.92. The van der Waals surface area contributed by atoms with Crippen molar-refractivity contribution >= 4 is 6.03 Å². The van der Waals surface area contributed by atoms with Crippen LogP contribution in [0.25, 0.3) is 0 Å². The average molecular weight is 273 g/mol. The molecule has 0 saturated heterocycles. The fourth-order valence-corrected chi connectivity index (χ4v) is 1.92. The molecule has 0 aliphatic carbocycles. The summed E-state index contributed by atoms with van der Waals surface area (Å²) in [6, 6.07) is 5.33. The lowest BCUT2D eigenvalue weighted by atomic mass is 10.2. The van der Waals surface area contributed by atoms with E-state index in [0.717, 1.165) is 5.69 Å². The third-order valence-electron chi connectivity index (χ3n) is 2.90. The Labute approximate surface area is 118 Å². The van der Waals surface area contributed by atoms with Gasteiger partial charge in [0.25, 0.3) is 0 Å². The molecule has 2 N–H and O–H groups in total. The number of rotatable bonds is 5. The molecule has 0 unspecified atom stereocenters. The Kier molecular flexibility index (Phi) is 4.70. The first-order chi connectivity index (χ1) is 9.65. The van der Waals surface area contributed by atoms with E-state index in [1.54, 1.807) is 18.7 Å². The van der Waals surface area contributed by atoms with Gasteiger partial charge < -0.3 is 15.2 Å². The van der Waals surface area contributed by atoms with Crippen LogP contribution in [0.1, 0.15) is 25.6 Å². The number of hydrogen-bond donors (Lipinski definition) is 2. The first kappa shape index (κ1) is 14.0. The monoisotopic (exact) mass is 273 g/mol. The molecule has 2 aromatic rings. The van der Waals surface area contributed by atoms with E-state index >= 15 is 0 Å². The summed E-state index contributed by atoms with van der Waals surface area (Å²) in [6.45, 7) is 4.54. The highest BCUT2D eigenvalue weighted by Gasteiger charge is 2.12. The van der Waals surface area contributed by atoms with Crippen LogP contribution in [0.3, 0.4) is 0 Å². The number of amides is 2. The molecule has 0 aromatic carbocycles. The molecule has 0 radical (unpaired) electrons. The van der Waals surface area contributed by atoms with E-state index in [-0.39, 0.29) is 18.1 Å². The second kappa shape index (κ2) is 6.70. The normalized spacial score (nSPS) is 13.5. The van der Waals surface area contributed by atoms with Gasteiger partial charge in [-0.3, -0.25) is 4.98 Å². The van der Waals surface area contributed by atoms with Gasteiger partial charge in [0.1, 0.15) is 0 Å². The number of nitrogens with one attached hydrogen (secondary N) is 2. The number of carbonyl (C=O) groups is 1. The van der Waals surface area contributed by atoms with Crippen LogP contribution in [0, 0.1) is 0 Å². The molecule has 0 bridgehead atoms. The first-order valence-corrected chi connectivity index (χ1v) is 6.59. The van der Waals surface area contributed by atoms with Crippen LogP contribution in [-0.2, 0) is 6.54 Å². The fraction of sp³-hybridized carbons (Fsp3) is 0.357. The van der Waals surface area contributed by atoms with E-state index in [1.165, 1.54) is 0 Å². The number of carbonyl (C=O) groups excluding carboxylic acids is 1. The predicted octanol–water partition coefficient (Wildman–Crippen LogP) is 1.73. The molecule has 0 spiro atoms. The molecule has 0 aliphatic rings. The SMILES string of the molecule is C[C@H](Cn1ccnc1)NC(=O)N[C@H](C)c1ccccn1. The van der Waals surface area contributed by atoms with Gasteiger partial charge in [0.15, 0.2) is 0 Å². The van der Waals surface area contributed by atoms with Crippen molar-refractivity contribution in [3.63, 3.8) is 0 Å². The third kappa shape index (κ3) is 4.08. The zero-order chi connectivity index (χ0) is 14.4. The van der Waals surface area contributed by atoms with Crippen LogP contribution in [0.4, 0.5) is 4.79 Å². The lowest BCUT2D eigenvalue weighted by molar-refractivity contribution is 0.233. The smallest absolute Gasteiger partial charge is 0.315 e. The minimum Gasteiger partial charge on any atom is -0.335 e. The zero-order valence-corrected chi connectivity index (χ0v) is 11.7. The van der Waals surface area contributed by atoms with E-state index in [4.69, 9.17) is 0 Å². The summed E-state index contributed by atoms with van der Waals surface area (Å²) >= 11 is 0. The van der Waals surface area contributed by atoms with Gasteiger partial charge in [-0.25, -0.2) is 9.78 Å². The molecule has 2 atom stereocenters. The van der Waals surface area contributed by atoms with Crippen molar-refractivity contribution in [3.05, 3.63) is 48.8 Å². The van der Waals surface area contributed by atoms with Crippen LogP contribution in [0.2, 0.25) is 0 Å². The molecule has 6 heteroatoms. The van der Waals surface area contributed by atoms with Crippen molar-refractivity contribution in [3.8, 4) is 0 Å². The Morgan fingerprint density at radius 2 is 2.15 bits per heavy atom. The molecule has 2 aromatic heterocycles. The molecule has 0 aliphatic heterocycles. The standard InChI is InChI=1S/C14H19N5O/c1-11(9-19-8-7-15-10-19)17-14(20)18-12(2)13-5-3-4-6-16-13/h3-8,10-12H,9H2,1-2H3,(H2,17,18,20)/t11-,12-/m1/s1. The lowest BCUT2D eigenvalue weighted by Crippen LogP contribution is -2.43. The van der Waals surface area contributed by atoms with Gasteiger partial charge in [0.05, 0.1) is 18.1 Å². The molecule has 0 saturated carbocycles. The van der Waals surface area contributed by atoms with Gasteiger partial charge in [0.2, 0.25) is 0 Å². The number of pyridine rings is 1. The van der Waals surface area contributed by atoms with Crippen molar-refractivity contribution in [2.75, 3.05) is 0 Å². The van der Waals surface area contributed by atoms with E-state index in [2.05, 4.69) is 20.6 Å². The lowest BCUT2D eigenvalue weighted by Gasteiger charge is -2.18. The van der Waals surface area contributed by atoms with Gasteiger partial charge in [-0.05, 0) is 26.0 Å². The summed E-state index contributed by atoms with van der Waals surface area (Å²) in [5.41, 5.74) is 0.838. The maximum absolute atomic E-state index is 11.9. The molecular weight excluding hydrogens is 254 g/mol. The van der Waals surface area contributed by atoms with E-state index in [0.29, 0.717) is 6.54 Å². The summed E-state index contributed by atoms with van der Waals surface area (Å²) in [7, 11) is 0. The molecule has 106 valence electrons. The van der Waals surface area contributed by atoms with E-state index in [9.17, 15) is 4.79 Å². The Hall–Kier alpha value is -2.37. The predicted molar refractivity (Wildman–Crippen MR) is 76.0 cm³/mol. The van der Waals surface area contributed by atoms with Crippen molar-refractivity contribution < 1.29 is 4.79 Å². The summed E-state index contributed by atoms with van der Waals surface area (Å²) in [5.74, 6) is 0. The summed E-state index contributed by atoms with van der Waals surface area (Å²) in [4.78, 5) is 20.1. The second-order valence-electron chi connectivity index (χ2n) is 4.75. The summed E-state index contributed by atoms with van der Waals surface area (Å²) in [6.07, 6.45) is 7.03. The Bertz CT molecular complexity index is 526. The molecule has 2 rings (SSSR count). The number of aromatic nitrogens is 3. The van der Waals surface area contributed by atoms with Crippen LogP contribution in [0.15, 0.2) is 43.1 Å². The van der Waals surface area contributed by atoms with Crippen molar-refractivity contribution in [1.82, 2.24) is 25.2 Å². The summed E-state index contributed by atoms with van der Waals surface area (Å²) < 4.78 is 1.92. The Morgan fingerprint density at radius 1 is 1.30 bits per heavy atom. The fourth-order valence-electron chi connectivity index (χ4n) is 1.92. The first-order valence-electron chi connectivity index (χ1n) is 6.59. The second-order valence-corrected chi connectivity index (χ2v) is 4.75. The molecule has 0 fully saturated rings. The number of imidazole rings is 1. The minimum atomic E-state index is -0.198. The van der Waals surface area contributed by atoms with Crippen LogP contribution in [-0.4, -0.2) is 26.6 Å². The topological polar surface area (TPSA) is 71.8 Å². The van der Waals surface area contributed by atoms with Crippen LogP contribution in [0.5, 0.6) is 0 Å². The van der Waals surface area contributed by atoms with Gasteiger partial charge in [-0.1, -0.05) is 6.07 Å². The number of hydrogen-bond acceptors (Lipinski definition) is 3. The van der Waals surface area contributed by atoms with Crippen molar-refractivity contribution in [2.24, 2.45) is 0 Å². The summed E-state index contributed by atoms with van der Waals surface area (Å²) in [5, 5.41) is 5.76. The number of nitrogens with zero attached hydrogens (tertiary/aromatic N) is 3. The third-order valence-corrected chi connectivity index (χ3v) is 2.90. The highest BCUT2D eigenvalue weighted by Crippen LogP contribution is 2.07. The highest BCUT2D eigenvalue weighted by atomic mass is 16.2. The zero-order valence-electron chi connectivity index (χ0n) is 11.7. The number of urea groups is 1. The Morgan fingerprint density at radius 3 is 2.80 bits per heavy atom. The molecule has 2 heterocycles. The molecular formula is C14H19N5O. The highest BCUT2D eigenvalue weighted by molar-refractivity contribution is 5.74. The van der Waals surface area contributed by atoms with Gasteiger partial charge in [-0.2, -0.15) is 0 Å². The van der Waals surface area contributed by atoms with Gasteiger partial charge >= 0.3 is 6.03 Å². The Balaban J connectivity index is 1.80. The molecule has 20 heavy (non-hydrogen) atoms.